The number of anilines is 1. The van der Waals surface area contributed by atoms with Crippen molar-refractivity contribution in [1.29, 1.82) is 0 Å². The summed E-state index contributed by atoms with van der Waals surface area (Å²) >= 11 is 0. The molecule has 2 heterocycles. The number of hydrogen-bond donors (Lipinski definition) is 0. The Balaban J connectivity index is 2.00. The maximum atomic E-state index is 14.1. The average molecular weight is 341 g/mol. The molecule has 0 bridgehead atoms. The molecule has 2 aromatic heterocycles. The van der Waals surface area contributed by atoms with Crippen LogP contribution in [0.4, 0.5) is 10.1 Å². The van der Waals surface area contributed by atoms with E-state index in [-0.39, 0.29) is 23.9 Å². The molecule has 0 aliphatic rings. The Bertz CT molecular complexity index is 881. The van der Waals surface area contributed by atoms with E-state index in [4.69, 9.17) is 9.15 Å². The molecular formula is C18H16FN3O3. The quantitative estimate of drug-likeness (QED) is 0.712. The fourth-order valence-corrected chi connectivity index (χ4v) is 2.37. The Hall–Kier alpha value is -3.22. The predicted octanol–water partition coefficient (Wildman–Crippen LogP) is 3.37. The van der Waals surface area contributed by atoms with Gasteiger partial charge < -0.3 is 9.15 Å². The van der Waals surface area contributed by atoms with E-state index in [0.29, 0.717) is 17.1 Å². The highest BCUT2D eigenvalue weighted by molar-refractivity contribution is 6.04. The maximum Gasteiger partial charge on any atom is 0.277 e. The fourth-order valence-electron chi connectivity index (χ4n) is 2.37. The van der Waals surface area contributed by atoms with Crippen molar-refractivity contribution >= 4 is 11.6 Å². The molecule has 0 radical (unpaired) electrons. The van der Waals surface area contributed by atoms with Gasteiger partial charge in [-0.1, -0.05) is 0 Å². The molecule has 0 N–H and O–H groups in total. The Morgan fingerprint density at radius 1 is 1.28 bits per heavy atom. The SMILES string of the molecule is COc1ccc(N(Cc2ccco2)C(=O)c2cc(C)ncn2)cc1F. The summed E-state index contributed by atoms with van der Waals surface area (Å²) in [5.41, 5.74) is 1.25. The highest BCUT2D eigenvalue weighted by Crippen LogP contribution is 2.26. The van der Waals surface area contributed by atoms with Crippen LogP contribution in [0.5, 0.6) is 5.75 Å². The molecule has 7 heteroatoms. The number of furan rings is 1. The van der Waals surface area contributed by atoms with E-state index in [1.165, 1.54) is 36.7 Å². The maximum absolute atomic E-state index is 14.1. The molecular weight excluding hydrogens is 325 g/mol. The number of aryl methyl sites for hydroxylation is 1. The van der Waals surface area contributed by atoms with Crippen molar-refractivity contribution in [3.05, 3.63) is 72.0 Å². The molecule has 0 unspecified atom stereocenters. The lowest BCUT2D eigenvalue weighted by atomic mass is 10.2. The molecule has 0 saturated carbocycles. The minimum atomic E-state index is -0.559. The summed E-state index contributed by atoms with van der Waals surface area (Å²) in [6, 6.07) is 9.37. The molecule has 0 fully saturated rings. The molecule has 1 amide bonds. The Morgan fingerprint density at radius 3 is 2.76 bits per heavy atom. The van der Waals surface area contributed by atoms with Crippen LogP contribution in [0.1, 0.15) is 21.9 Å². The van der Waals surface area contributed by atoms with Gasteiger partial charge in [0.25, 0.3) is 5.91 Å². The van der Waals surface area contributed by atoms with Gasteiger partial charge in [-0.05, 0) is 37.3 Å². The van der Waals surface area contributed by atoms with Gasteiger partial charge in [0, 0.05) is 17.4 Å². The highest BCUT2D eigenvalue weighted by atomic mass is 19.1. The number of carbonyl (C=O) groups is 1. The monoisotopic (exact) mass is 341 g/mol. The number of hydrogen-bond acceptors (Lipinski definition) is 5. The summed E-state index contributed by atoms with van der Waals surface area (Å²) < 4.78 is 24.4. The lowest BCUT2D eigenvalue weighted by Gasteiger charge is -2.22. The van der Waals surface area contributed by atoms with E-state index in [1.807, 2.05) is 0 Å². The van der Waals surface area contributed by atoms with E-state index in [0.717, 1.165) is 0 Å². The van der Waals surface area contributed by atoms with Crippen molar-refractivity contribution in [3.63, 3.8) is 0 Å². The largest absolute Gasteiger partial charge is 0.494 e. The summed E-state index contributed by atoms with van der Waals surface area (Å²) in [6.45, 7) is 1.91. The van der Waals surface area contributed by atoms with Crippen LogP contribution >= 0.6 is 0 Å². The molecule has 0 spiro atoms. The fraction of sp³-hybridized carbons (Fsp3) is 0.167. The zero-order valence-corrected chi connectivity index (χ0v) is 13.8. The smallest absolute Gasteiger partial charge is 0.277 e. The first-order chi connectivity index (χ1) is 12.1. The van der Waals surface area contributed by atoms with E-state index >= 15 is 0 Å². The summed E-state index contributed by atoms with van der Waals surface area (Å²) in [4.78, 5) is 22.3. The van der Waals surface area contributed by atoms with Crippen LogP contribution in [0.2, 0.25) is 0 Å². The second-order valence-corrected chi connectivity index (χ2v) is 5.33. The number of nitrogens with zero attached hydrogens (tertiary/aromatic N) is 3. The molecule has 0 aliphatic carbocycles. The number of halogens is 1. The zero-order chi connectivity index (χ0) is 17.8. The van der Waals surface area contributed by atoms with Crippen molar-refractivity contribution in [2.24, 2.45) is 0 Å². The molecule has 25 heavy (non-hydrogen) atoms. The first-order valence-electron chi connectivity index (χ1n) is 7.55. The van der Waals surface area contributed by atoms with Crippen LogP contribution in [0.3, 0.4) is 0 Å². The lowest BCUT2D eigenvalue weighted by molar-refractivity contribution is 0.0978. The normalized spacial score (nSPS) is 10.5. The van der Waals surface area contributed by atoms with Gasteiger partial charge in [-0.15, -0.1) is 0 Å². The zero-order valence-electron chi connectivity index (χ0n) is 13.8. The average Bonchev–Trinajstić information content (AvgIpc) is 3.12. The van der Waals surface area contributed by atoms with Crippen molar-refractivity contribution in [1.82, 2.24) is 9.97 Å². The third-order valence-electron chi connectivity index (χ3n) is 3.61. The topological polar surface area (TPSA) is 68.5 Å². The minimum absolute atomic E-state index is 0.104. The molecule has 0 saturated heterocycles. The van der Waals surface area contributed by atoms with Gasteiger partial charge in [-0.25, -0.2) is 14.4 Å². The van der Waals surface area contributed by atoms with Gasteiger partial charge in [0.1, 0.15) is 17.8 Å². The number of rotatable bonds is 5. The van der Waals surface area contributed by atoms with Crippen LogP contribution in [-0.2, 0) is 6.54 Å². The third-order valence-corrected chi connectivity index (χ3v) is 3.61. The van der Waals surface area contributed by atoms with E-state index in [2.05, 4.69) is 9.97 Å². The van der Waals surface area contributed by atoms with Gasteiger partial charge in [0.15, 0.2) is 11.6 Å². The first kappa shape index (κ1) is 16.6. The molecule has 0 aliphatic heterocycles. The second-order valence-electron chi connectivity index (χ2n) is 5.33. The summed E-state index contributed by atoms with van der Waals surface area (Å²) in [6.07, 6.45) is 2.84. The van der Waals surface area contributed by atoms with Gasteiger partial charge in [-0.3, -0.25) is 9.69 Å². The number of methoxy groups -OCH3 is 1. The number of ether oxygens (including phenoxy) is 1. The number of carbonyl (C=O) groups excluding carboxylic acids is 1. The molecule has 3 rings (SSSR count). The van der Waals surface area contributed by atoms with Crippen LogP contribution in [-0.4, -0.2) is 23.0 Å². The first-order valence-corrected chi connectivity index (χ1v) is 7.55. The number of aromatic nitrogens is 2. The molecule has 6 nitrogen and oxygen atoms in total. The van der Waals surface area contributed by atoms with Crippen molar-refractivity contribution < 1.29 is 18.3 Å². The van der Waals surface area contributed by atoms with E-state index in [9.17, 15) is 9.18 Å². The summed E-state index contributed by atoms with van der Waals surface area (Å²) in [7, 11) is 1.38. The second kappa shape index (κ2) is 7.12. The standard InChI is InChI=1S/C18H16FN3O3/c1-12-8-16(21-11-20-12)18(23)22(10-14-4-3-7-25-14)13-5-6-17(24-2)15(19)9-13/h3-9,11H,10H2,1-2H3. The minimum Gasteiger partial charge on any atom is -0.494 e. The highest BCUT2D eigenvalue weighted by Gasteiger charge is 2.22. The van der Waals surface area contributed by atoms with Crippen LogP contribution in [0.15, 0.2) is 53.4 Å². The number of amides is 1. The number of benzene rings is 1. The predicted molar refractivity (Wildman–Crippen MR) is 88.9 cm³/mol. The van der Waals surface area contributed by atoms with E-state index in [1.54, 1.807) is 31.2 Å². The van der Waals surface area contributed by atoms with Gasteiger partial charge in [-0.2, -0.15) is 0 Å². The van der Waals surface area contributed by atoms with Crippen LogP contribution in [0.25, 0.3) is 0 Å². The Labute approximate surface area is 143 Å². The van der Waals surface area contributed by atoms with Crippen molar-refractivity contribution in [2.75, 3.05) is 12.0 Å². The summed E-state index contributed by atoms with van der Waals surface area (Å²) in [5, 5.41) is 0. The Kier molecular flexibility index (Phi) is 4.74. The van der Waals surface area contributed by atoms with Crippen molar-refractivity contribution in [3.8, 4) is 5.75 Å². The van der Waals surface area contributed by atoms with Crippen molar-refractivity contribution in [2.45, 2.75) is 13.5 Å². The Morgan fingerprint density at radius 2 is 2.12 bits per heavy atom. The van der Waals surface area contributed by atoms with Crippen LogP contribution < -0.4 is 9.64 Å². The molecule has 1 aromatic carbocycles. The third kappa shape index (κ3) is 3.65. The molecule has 3 aromatic rings. The molecule has 128 valence electrons. The summed E-state index contributed by atoms with van der Waals surface area (Å²) in [5.74, 6) is -0.273. The van der Waals surface area contributed by atoms with Crippen LogP contribution in [0, 0.1) is 12.7 Å². The van der Waals surface area contributed by atoms with Gasteiger partial charge in [0.2, 0.25) is 0 Å². The lowest BCUT2D eigenvalue weighted by Crippen LogP contribution is -2.31. The molecule has 0 atom stereocenters. The van der Waals surface area contributed by atoms with Gasteiger partial charge >= 0.3 is 0 Å². The van der Waals surface area contributed by atoms with Gasteiger partial charge in [0.05, 0.1) is 19.9 Å². The van der Waals surface area contributed by atoms with E-state index < -0.39 is 5.82 Å².